The van der Waals surface area contributed by atoms with Crippen LogP contribution in [-0.4, -0.2) is 37.8 Å². The highest BCUT2D eigenvalue weighted by Gasteiger charge is 2.37. The molecule has 2 atom stereocenters. The average Bonchev–Trinajstić information content (AvgIpc) is 2.11. The molecule has 0 spiro atoms. The lowest BCUT2D eigenvalue weighted by Gasteiger charge is -2.37. The van der Waals surface area contributed by atoms with Crippen molar-refractivity contribution in [3.05, 3.63) is 0 Å². The third-order valence-electron chi connectivity index (χ3n) is 3.37. The van der Waals surface area contributed by atoms with E-state index in [1.54, 1.807) is 0 Å². The van der Waals surface area contributed by atoms with Crippen LogP contribution in [0.5, 0.6) is 0 Å². The summed E-state index contributed by atoms with van der Waals surface area (Å²) in [5.74, 6) is -0.116. The molecule has 0 aromatic heterocycles. The fourth-order valence-electron chi connectivity index (χ4n) is 0.796. The Morgan fingerprint density at radius 3 is 2.07 bits per heavy atom. The lowest BCUT2D eigenvalue weighted by Crippen LogP contribution is -2.43. The minimum atomic E-state index is -1.77. The van der Waals surface area contributed by atoms with E-state index in [2.05, 4.69) is 33.9 Å². The standard InChI is InChI=1S/C11H26O3Si/c1-9(7-12)10(13)8-14-15(5,6)11(2,3)4/h9-10,12-13H,7-8H2,1-6H3/t9-,10+/m1/s1. The van der Waals surface area contributed by atoms with E-state index < -0.39 is 14.4 Å². The molecular formula is C11H26O3Si. The number of rotatable bonds is 5. The summed E-state index contributed by atoms with van der Waals surface area (Å²) in [6.07, 6.45) is -0.566. The van der Waals surface area contributed by atoms with Crippen molar-refractivity contribution in [3.63, 3.8) is 0 Å². The zero-order valence-electron chi connectivity index (χ0n) is 10.9. The van der Waals surface area contributed by atoms with Crippen LogP contribution in [0.4, 0.5) is 0 Å². The second-order valence-electron chi connectivity index (χ2n) is 5.80. The predicted octanol–water partition coefficient (Wildman–Crippen LogP) is 2.00. The summed E-state index contributed by atoms with van der Waals surface area (Å²) in [6, 6.07) is 0. The van der Waals surface area contributed by atoms with Gasteiger partial charge in [0.1, 0.15) is 0 Å². The van der Waals surface area contributed by atoms with E-state index in [0.29, 0.717) is 6.61 Å². The minimum Gasteiger partial charge on any atom is -0.414 e. The maximum absolute atomic E-state index is 9.68. The van der Waals surface area contributed by atoms with E-state index in [-0.39, 0.29) is 17.6 Å². The molecule has 0 aliphatic carbocycles. The topological polar surface area (TPSA) is 49.7 Å². The second-order valence-corrected chi connectivity index (χ2v) is 10.6. The van der Waals surface area contributed by atoms with Gasteiger partial charge in [-0.15, -0.1) is 0 Å². The Morgan fingerprint density at radius 1 is 1.27 bits per heavy atom. The summed E-state index contributed by atoms with van der Waals surface area (Å²) in [5, 5.41) is 18.7. The zero-order valence-corrected chi connectivity index (χ0v) is 11.9. The number of hydrogen-bond donors (Lipinski definition) is 2. The van der Waals surface area contributed by atoms with Crippen LogP contribution in [-0.2, 0) is 4.43 Å². The van der Waals surface area contributed by atoms with Gasteiger partial charge >= 0.3 is 0 Å². The molecule has 3 nitrogen and oxygen atoms in total. The summed E-state index contributed by atoms with van der Waals surface area (Å²) in [5.41, 5.74) is 0. The van der Waals surface area contributed by atoms with Crippen LogP contribution in [0.1, 0.15) is 27.7 Å². The van der Waals surface area contributed by atoms with Crippen molar-refractivity contribution in [1.29, 1.82) is 0 Å². The van der Waals surface area contributed by atoms with Crippen LogP contribution in [0, 0.1) is 5.92 Å². The first-order valence-electron chi connectivity index (χ1n) is 5.54. The second kappa shape index (κ2) is 5.43. The van der Waals surface area contributed by atoms with Crippen LogP contribution in [0.3, 0.4) is 0 Å². The smallest absolute Gasteiger partial charge is 0.192 e. The SMILES string of the molecule is C[C@H](CO)[C@@H](O)CO[Si](C)(C)C(C)(C)C. The Hall–Kier alpha value is 0.0969. The molecule has 0 aliphatic rings. The molecule has 0 aromatic carbocycles. The molecule has 0 radical (unpaired) electrons. The van der Waals surface area contributed by atoms with Crippen molar-refractivity contribution in [3.8, 4) is 0 Å². The number of hydrogen-bond acceptors (Lipinski definition) is 3. The molecule has 0 heterocycles. The van der Waals surface area contributed by atoms with Gasteiger partial charge in [-0.2, -0.15) is 0 Å². The lowest BCUT2D eigenvalue weighted by atomic mass is 10.1. The van der Waals surface area contributed by atoms with Gasteiger partial charge in [0.05, 0.1) is 12.7 Å². The summed E-state index contributed by atoms with van der Waals surface area (Å²) in [4.78, 5) is 0. The van der Waals surface area contributed by atoms with Crippen molar-refractivity contribution in [2.45, 2.75) is 51.9 Å². The van der Waals surface area contributed by atoms with Gasteiger partial charge in [0.15, 0.2) is 8.32 Å². The van der Waals surface area contributed by atoms with Crippen molar-refractivity contribution in [2.75, 3.05) is 13.2 Å². The van der Waals surface area contributed by atoms with Crippen molar-refractivity contribution >= 4 is 8.32 Å². The monoisotopic (exact) mass is 234 g/mol. The van der Waals surface area contributed by atoms with Gasteiger partial charge in [0.25, 0.3) is 0 Å². The molecule has 0 aromatic rings. The quantitative estimate of drug-likeness (QED) is 0.715. The van der Waals surface area contributed by atoms with Gasteiger partial charge in [0, 0.05) is 12.5 Å². The lowest BCUT2D eigenvalue weighted by molar-refractivity contribution is 0.0341. The largest absolute Gasteiger partial charge is 0.414 e. The van der Waals surface area contributed by atoms with E-state index in [1.165, 1.54) is 0 Å². The van der Waals surface area contributed by atoms with Crippen molar-refractivity contribution in [1.82, 2.24) is 0 Å². The molecule has 2 N–H and O–H groups in total. The molecule has 0 saturated heterocycles. The highest BCUT2D eigenvalue weighted by atomic mass is 28.4. The summed E-state index contributed by atoms with van der Waals surface area (Å²) < 4.78 is 5.86. The molecule has 0 rings (SSSR count). The van der Waals surface area contributed by atoms with Crippen molar-refractivity contribution < 1.29 is 14.6 Å². The van der Waals surface area contributed by atoms with Crippen molar-refractivity contribution in [2.24, 2.45) is 5.92 Å². The van der Waals surface area contributed by atoms with Gasteiger partial charge < -0.3 is 14.6 Å². The molecule has 0 aliphatic heterocycles. The first-order valence-corrected chi connectivity index (χ1v) is 8.45. The van der Waals surface area contributed by atoms with E-state index in [4.69, 9.17) is 9.53 Å². The van der Waals surface area contributed by atoms with Gasteiger partial charge in [-0.3, -0.25) is 0 Å². The molecule has 15 heavy (non-hydrogen) atoms. The molecule has 0 fully saturated rings. The highest BCUT2D eigenvalue weighted by molar-refractivity contribution is 6.74. The first-order chi connectivity index (χ1) is 6.62. The zero-order chi connectivity index (χ0) is 12.3. The predicted molar refractivity (Wildman–Crippen MR) is 65.4 cm³/mol. The van der Waals surface area contributed by atoms with Crippen LogP contribution in [0.25, 0.3) is 0 Å². The van der Waals surface area contributed by atoms with Crippen LogP contribution >= 0.6 is 0 Å². The maximum atomic E-state index is 9.68. The highest BCUT2D eigenvalue weighted by Crippen LogP contribution is 2.36. The van der Waals surface area contributed by atoms with Crippen LogP contribution in [0.15, 0.2) is 0 Å². The normalized spacial score (nSPS) is 17.6. The van der Waals surface area contributed by atoms with Gasteiger partial charge in [-0.25, -0.2) is 0 Å². The van der Waals surface area contributed by atoms with Crippen LogP contribution in [0.2, 0.25) is 18.1 Å². The molecule has 0 unspecified atom stereocenters. The summed E-state index contributed by atoms with van der Waals surface area (Å²) >= 11 is 0. The minimum absolute atomic E-state index is 0.00201. The maximum Gasteiger partial charge on any atom is 0.192 e. The summed E-state index contributed by atoms with van der Waals surface area (Å²) in [6.45, 7) is 13.0. The third kappa shape index (κ3) is 4.63. The molecule has 92 valence electrons. The molecule has 0 saturated carbocycles. The Kier molecular flexibility index (Phi) is 5.47. The molecule has 0 bridgehead atoms. The number of aliphatic hydroxyl groups is 2. The van der Waals surface area contributed by atoms with Gasteiger partial charge in [-0.05, 0) is 18.1 Å². The Balaban J connectivity index is 4.16. The van der Waals surface area contributed by atoms with Gasteiger partial charge in [0.2, 0.25) is 0 Å². The Morgan fingerprint density at radius 2 is 1.73 bits per heavy atom. The number of aliphatic hydroxyl groups excluding tert-OH is 2. The summed E-state index contributed by atoms with van der Waals surface area (Å²) in [7, 11) is -1.77. The molecule has 0 amide bonds. The van der Waals surface area contributed by atoms with E-state index in [9.17, 15) is 5.11 Å². The van der Waals surface area contributed by atoms with E-state index >= 15 is 0 Å². The third-order valence-corrected chi connectivity index (χ3v) is 7.87. The first kappa shape index (κ1) is 15.1. The van der Waals surface area contributed by atoms with E-state index in [1.807, 2.05) is 6.92 Å². The fraction of sp³-hybridized carbons (Fsp3) is 1.00. The average molecular weight is 234 g/mol. The Bertz CT molecular complexity index is 187. The Labute approximate surface area is 94.6 Å². The van der Waals surface area contributed by atoms with Gasteiger partial charge in [-0.1, -0.05) is 27.7 Å². The molecule has 4 heteroatoms. The van der Waals surface area contributed by atoms with Crippen LogP contribution < -0.4 is 0 Å². The molecular weight excluding hydrogens is 208 g/mol. The fourth-order valence-corrected chi connectivity index (χ4v) is 1.82. The van der Waals surface area contributed by atoms with E-state index in [0.717, 1.165) is 0 Å².